The number of nitrogens with one attached hydrogen (secondary N) is 2. The van der Waals surface area contributed by atoms with E-state index in [1.807, 2.05) is 66.7 Å². The largest absolute Gasteiger partial charge is 0.497 e. The van der Waals surface area contributed by atoms with Gasteiger partial charge < -0.3 is 10.1 Å². The van der Waals surface area contributed by atoms with E-state index >= 15 is 0 Å². The summed E-state index contributed by atoms with van der Waals surface area (Å²) in [5.41, 5.74) is 1.63. The van der Waals surface area contributed by atoms with E-state index in [2.05, 4.69) is 10.6 Å². The van der Waals surface area contributed by atoms with Gasteiger partial charge in [0.25, 0.3) is 0 Å². The Balaban J connectivity index is 1.75. The highest BCUT2D eigenvalue weighted by Gasteiger charge is 2.66. The number of hydrogen-bond acceptors (Lipinski definition) is 5. The Morgan fingerprint density at radius 2 is 1.61 bits per heavy atom. The minimum absolute atomic E-state index is 0.261. The van der Waals surface area contributed by atoms with Crippen LogP contribution in [0, 0.1) is 10.1 Å². The second-order valence-electron chi connectivity index (χ2n) is 7.87. The second-order valence-corrected chi connectivity index (χ2v) is 7.87. The molecule has 156 valence electrons. The van der Waals surface area contributed by atoms with Crippen LogP contribution in [0.1, 0.15) is 28.7 Å². The zero-order valence-electron chi connectivity index (χ0n) is 16.8. The predicted octanol–water partition coefficient (Wildman–Crippen LogP) is 3.62. The molecule has 3 aromatic carbocycles. The van der Waals surface area contributed by atoms with Gasteiger partial charge in [-0.15, -0.1) is 0 Å². The van der Waals surface area contributed by atoms with Gasteiger partial charge in [0.15, 0.2) is 0 Å². The summed E-state index contributed by atoms with van der Waals surface area (Å²) in [6, 6.07) is 22.1. The van der Waals surface area contributed by atoms with Crippen LogP contribution in [0.2, 0.25) is 0 Å². The average molecular weight is 415 g/mol. The van der Waals surface area contributed by atoms with Gasteiger partial charge in [-0.1, -0.05) is 60.7 Å². The van der Waals surface area contributed by atoms with Crippen LogP contribution in [-0.2, 0) is 10.3 Å². The molecule has 1 spiro atoms. The first-order valence-corrected chi connectivity index (χ1v) is 10.1. The number of fused-ring (bicyclic) bond motifs is 2. The summed E-state index contributed by atoms with van der Waals surface area (Å²) in [5, 5.41) is 18.8. The Morgan fingerprint density at radius 3 is 2.29 bits per heavy atom. The van der Waals surface area contributed by atoms with Gasteiger partial charge in [0.1, 0.15) is 17.3 Å². The molecule has 3 unspecified atom stereocenters. The van der Waals surface area contributed by atoms with Crippen molar-refractivity contribution in [1.29, 1.82) is 0 Å². The van der Waals surface area contributed by atoms with Crippen molar-refractivity contribution in [3.8, 4) is 5.75 Å². The first kappa shape index (κ1) is 19.3. The Bertz CT molecular complexity index is 1150. The lowest BCUT2D eigenvalue weighted by molar-refractivity contribution is -0.527. The number of nitrogens with zero attached hydrogens (tertiary/aromatic N) is 1. The summed E-state index contributed by atoms with van der Waals surface area (Å²) < 4.78 is 5.26. The molecule has 1 amide bonds. The minimum atomic E-state index is -1.26. The van der Waals surface area contributed by atoms with E-state index in [4.69, 9.17) is 4.74 Å². The van der Waals surface area contributed by atoms with Crippen LogP contribution < -0.4 is 15.4 Å². The molecular formula is C24H21N3O4. The van der Waals surface area contributed by atoms with Gasteiger partial charge in [-0.3, -0.25) is 20.2 Å². The van der Waals surface area contributed by atoms with Crippen molar-refractivity contribution in [2.45, 2.75) is 23.5 Å². The van der Waals surface area contributed by atoms with Gasteiger partial charge in [0.05, 0.1) is 13.0 Å². The van der Waals surface area contributed by atoms with E-state index in [0.717, 1.165) is 11.1 Å². The number of rotatable bonds is 4. The minimum Gasteiger partial charge on any atom is -0.497 e. The summed E-state index contributed by atoms with van der Waals surface area (Å²) in [4.78, 5) is 25.7. The molecule has 2 heterocycles. The van der Waals surface area contributed by atoms with E-state index in [-0.39, 0.29) is 10.8 Å². The molecule has 0 bridgehead atoms. The van der Waals surface area contributed by atoms with Crippen molar-refractivity contribution in [3.63, 3.8) is 0 Å². The Hall–Kier alpha value is -3.71. The summed E-state index contributed by atoms with van der Waals surface area (Å²) >= 11 is 0. The Morgan fingerprint density at radius 1 is 0.935 bits per heavy atom. The fraction of sp³-hybridized carbons (Fsp3) is 0.208. The normalized spacial score (nSPS) is 26.5. The lowest BCUT2D eigenvalue weighted by Gasteiger charge is -2.29. The van der Waals surface area contributed by atoms with E-state index in [1.165, 1.54) is 0 Å². The number of ether oxygens (including phenoxy) is 1. The third-order valence-corrected chi connectivity index (χ3v) is 6.37. The molecule has 5 rings (SSSR count). The lowest BCUT2D eigenvalue weighted by atomic mass is 9.74. The lowest BCUT2D eigenvalue weighted by Crippen LogP contribution is -2.48. The highest BCUT2D eigenvalue weighted by Crippen LogP contribution is 2.55. The van der Waals surface area contributed by atoms with E-state index in [0.29, 0.717) is 17.0 Å². The van der Waals surface area contributed by atoms with Gasteiger partial charge in [0, 0.05) is 16.2 Å². The number of nitro groups is 1. The summed E-state index contributed by atoms with van der Waals surface area (Å²) in [6.45, 7) is 0. The van der Waals surface area contributed by atoms with Crippen LogP contribution in [0.25, 0.3) is 0 Å². The van der Waals surface area contributed by atoms with Gasteiger partial charge in [0.2, 0.25) is 11.9 Å². The molecule has 2 N–H and O–H groups in total. The predicted molar refractivity (Wildman–Crippen MR) is 116 cm³/mol. The van der Waals surface area contributed by atoms with Crippen molar-refractivity contribution >= 4 is 11.6 Å². The van der Waals surface area contributed by atoms with Gasteiger partial charge in [-0.25, -0.2) is 0 Å². The second kappa shape index (κ2) is 7.21. The van der Waals surface area contributed by atoms with Crippen molar-refractivity contribution in [2.24, 2.45) is 0 Å². The van der Waals surface area contributed by atoms with Crippen LogP contribution in [0.5, 0.6) is 5.75 Å². The number of benzene rings is 3. The van der Waals surface area contributed by atoms with Crippen LogP contribution >= 0.6 is 0 Å². The SMILES string of the molecule is COc1ccc(C2C([N+](=O)[O-])C(c3ccccc3)N[C@@]23C(=O)Nc2ccccc23)cc1. The maximum Gasteiger partial charge on any atom is 0.250 e. The van der Waals surface area contributed by atoms with E-state index in [9.17, 15) is 14.9 Å². The number of hydrogen-bond donors (Lipinski definition) is 2. The first-order chi connectivity index (χ1) is 15.1. The molecule has 1 fully saturated rings. The molecule has 31 heavy (non-hydrogen) atoms. The third kappa shape index (κ3) is 2.81. The maximum absolute atomic E-state index is 13.5. The summed E-state index contributed by atoms with van der Waals surface area (Å²) in [6.07, 6.45) is 0. The van der Waals surface area contributed by atoms with Crippen LogP contribution in [-0.4, -0.2) is 24.0 Å². The standard InChI is InChI=1S/C24H21N3O4/c1-31-17-13-11-15(12-14-17)20-22(27(29)30)21(16-7-3-2-4-8-16)26-24(20)18-9-5-6-10-19(18)25-23(24)28/h2-14,20-22,26H,1H3,(H,25,28)/t20?,21?,22?,24-/m1/s1. The molecule has 2 aliphatic heterocycles. The smallest absolute Gasteiger partial charge is 0.250 e. The fourth-order valence-electron chi connectivity index (χ4n) is 5.04. The highest BCUT2D eigenvalue weighted by atomic mass is 16.6. The van der Waals surface area contributed by atoms with Crippen molar-refractivity contribution in [2.75, 3.05) is 12.4 Å². The number of methoxy groups -OCH3 is 1. The number of carbonyl (C=O) groups is 1. The number of para-hydroxylation sites is 1. The molecule has 0 aliphatic carbocycles. The zero-order chi connectivity index (χ0) is 21.6. The molecule has 3 aromatic rings. The molecule has 1 saturated heterocycles. The fourth-order valence-corrected chi connectivity index (χ4v) is 5.04. The topological polar surface area (TPSA) is 93.5 Å². The van der Waals surface area contributed by atoms with Gasteiger partial charge in [-0.05, 0) is 29.3 Å². The summed E-state index contributed by atoms with van der Waals surface area (Å²) in [7, 11) is 1.57. The molecule has 7 nitrogen and oxygen atoms in total. The first-order valence-electron chi connectivity index (χ1n) is 10.1. The van der Waals surface area contributed by atoms with E-state index < -0.39 is 23.5 Å². The molecular weight excluding hydrogens is 394 g/mol. The van der Waals surface area contributed by atoms with Crippen LogP contribution in [0.3, 0.4) is 0 Å². The van der Waals surface area contributed by atoms with Crippen LogP contribution in [0.4, 0.5) is 5.69 Å². The van der Waals surface area contributed by atoms with Crippen molar-refractivity contribution < 1.29 is 14.5 Å². The monoisotopic (exact) mass is 415 g/mol. The van der Waals surface area contributed by atoms with Crippen molar-refractivity contribution in [3.05, 3.63) is 106 Å². The quantitative estimate of drug-likeness (QED) is 0.502. The number of amides is 1. The molecule has 0 aromatic heterocycles. The number of carbonyl (C=O) groups excluding carboxylic acids is 1. The third-order valence-electron chi connectivity index (χ3n) is 6.37. The van der Waals surface area contributed by atoms with Crippen LogP contribution in [0.15, 0.2) is 78.9 Å². The van der Waals surface area contributed by atoms with E-state index in [1.54, 1.807) is 19.2 Å². The molecule has 4 atom stereocenters. The molecule has 0 radical (unpaired) electrons. The molecule has 2 aliphatic rings. The number of anilines is 1. The average Bonchev–Trinajstić information content (AvgIpc) is 3.31. The van der Waals surface area contributed by atoms with Gasteiger partial charge >= 0.3 is 0 Å². The molecule has 7 heteroatoms. The summed E-state index contributed by atoms with van der Waals surface area (Å²) in [5.74, 6) is -0.348. The Kier molecular flexibility index (Phi) is 4.48. The Labute approximate surface area is 179 Å². The van der Waals surface area contributed by atoms with Crippen molar-refractivity contribution in [1.82, 2.24) is 5.32 Å². The van der Waals surface area contributed by atoms with Gasteiger partial charge in [-0.2, -0.15) is 0 Å². The maximum atomic E-state index is 13.5. The zero-order valence-corrected chi connectivity index (χ0v) is 16.8. The highest BCUT2D eigenvalue weighted by molar-refractivity contribution is 6.07. The molecule has 0 saturated carbocycles.